The molecule has 14 nitrogen and oxygen atoms in total. The molecule has 2 atom stereocenters. The van der Waals surface area contributed by atoms with E-state index in [1.54, 1.807) is 0 Å². The molecule has 0 fully saturated rings. The summed E-state index contributed by atoms with van der Waals surface area (Å²) in [6, 6.07) is 0. The lowest BCUT2D eigenvalue weighted by molar-refractivity contribution is -0.342. The van der Waals surface area contributed by atoms with Gasteiger partial charge in [0.05, 0.1) is 13.1 Å². The van der Waals surface area contributed by atoms with Gasteiger partial charge in [0.1, 0.15) is 0 Å². The lowest BCUT2D eigenvalue weighted by Gasteiger charge is -2.31. The van der Waals surface area contributed by atoms with Crippen LogP contribution < -0.4 is 22.1 Å². The van der Waals surface area contributed by atoms with Crippen molar-refractivity contribution < 1.29 is 49.1 Å². The summed E-state index contributed by atoms with van der Waals surface area (Å²) in [5.74, 6) is -13.1. The summed E-state index contributed by atoms with van der Waals surface area (Å²) < 4.78 is 8.95. The van der Waals surface area contributed by atoms with Crippen LogP contribution in [0.5, 0.6) is 0 Å². The second-order valence-corrected chi connectivity index (χ2v) is 4.21. The molecule has 0 aliphatic rings. The lowest BCUT2D eigenvalue weighted by Crippen LogP contribution is -2.62. The number of nitrogens with one attached hydrogen (secondary N) is 2. The third-order valence-electron chi connectivity index (χ3n) is 2.24. The molecule has 0 aliphatic heterocycles. The van der Waals surface area contributed by atoms with Crippen molar-refractivity contribution in [1.82, 2.24) is 10.6 Å². The Kier molecular flexibility index (Phi) is 7.65. The maximum absolute atomic E-state index is 11.1. The molecule has 0 aromatic heterocycles. The molecule has 0 bridgehead atoms. The van der Waals surface area contributed by atoms with Crippen LogP contribution in [0.15, 0.2) is 0 Å². The fraction of sp³-hybridized carbons (Fsp3) is 0.600. The maximum Gasteiger partial charge on any atom is 0.388 e. The van der Waals surface area contributed by atoms with Crippen LogP contribution in [0.25, 0.3) is 0 Å². The Hall–Kier alpha value is -2.36. The molecule has 0 saturated carbocycles. The van der Waals surface area contributed by atoms with Gasteiger partial charge in [-0.3, -0.25) is 29.7 Å². The molecular weight excluding hydrogens is 336 g/mol. The molecule has 0 aliphatic carbocycles. The van der Waals surface area contributed by atoms with Gasteiger partial charge in [-0.25, -0.2) is 9.59 Å². The van der Waals surface area contributed by atoms with Gasteiger partial charge in [0.2, 0.25) is 11.8 Å². The minimum Gasteiger partial charge on any atom is -0.476 e. The van der Waals surface area contributed by atoms with Crippen LogP contribution in [0.4, 0.5) is 0 Å². The molecule has 2 amide bonds. The molecule has 0 aromatic carbocycles. The number of aliphatic hydroxyl groups is 2. The highest BCUT2D eigenvalue weighted by molar-refractivity contribution is 5.86. The third-order valence-corrected chi connectivity index (χ3v) is 2.24. The standard InChI is InChI=1S/C10H18N4O10/c1-4(23-9(21,7(17)18)13-5(15)2-11)24-10(22,8(19)20)14-6(16)3-12/h4,21-22H,2-3,11-12H2,1H3,(H,13,15)(H,14,16)(H,17,18)(H,19,20). The van der Waals surface area contributed by atoms with Crippen molar-refractivity contribution in [2.24, 2.45) is 11.5 Å². The highest BCUT2D eigenvalue weighted by Gasteiger charge is 2.46. The zero-order valence-electron chi connectivity index (χ0n) is 12.4. The third kappa shape index (κ3) is 6.03. The lowest BCUT2D eigenvalue weighted by atomic mass is 10.4. The quantitative estimate of drug-likeness (QED) is 0.172. The minimum absolute atomic E-state index is 0.695. The zero-order chi connectivity index (χ0) is 19.1. The van der Waals surface area contributed by atoms with Gasteiger partial charge in [-0.1, -0.05) is 0 Å². The van der Waals surface area contributed by atoms with Gasteiger partial charge in [0.25, 0.3) is 0 Å². The van der Waals surface area contributed by atoms with E-state index in [1.165, 1.54) is 10.6 Å². The summed E-state index contributed by atoms with van der Waals surface area (Å²) >= 11 is 0. The Morgan fingerprint density at radius 3 is 1.42 bits per heavy atom. The van der Waals surface area contributed by atoms with E-state index in [4.69, 9.17) is 21.7 Å². The SMILES string of the molecule is CC(OC(O)(NC(=O)CN)C(=O)O)OC(O)(NC(=O)CN)C(=O)O. The molecule has 0 aromatic rings. The topological polar surface area (TPSA) is 244 Å². The van der Waals surface area contributed by atoms with Crippen molar-refractivity contribution >= 4 is 23.8 Å². The number of hydrogen-bond acceptors (Lipinski definition) is 10. The van der Waals surface area contributed by atoms with E-state index in [1.807, 2.05) is 0 Å². The first-order valence-corrected chi connectivity index (χ1v) is 6.19. The van der Waals surface area contributed by atoms with Crippen LogP contribution >= 0.6 is 0 Å². The highest BCUT2D eigenvalue weighted by atomic mass is 16.8. The maximum atomic E-state index is 11.1. The first kappa shape index (κ1) is 21.6. The number of carboxylic acid groups (broad SMARTS) is 2. The largest absolute Gasteiger partial charge is 0.476 e. The Balaban J connectivity index is 5.19. The van der Waals surface area contributed by atoms with Gasteiger partial charge >= 0.3 is 23.8 Å². The molecule has 24 heavy (non-hydrogen) atoms. The summed E-state index contributed by atoms with van der Waals surface area (Å²) in [6.07, 6.45) is -1.96. The molecule has 2 unspecified atom stereocenters. The predicted octanol–water partition coefficient (Wildman–Crippen LogP) is -5.02. The number of ether oxygens (including phenoxy) is 2. The zero-order valence-corrected chi connectivity index (χ0v) is 12.4. The second kappa shape index (κ2) is 8.48. The number of carboxylic acids is 2. The van der Waals surface area contributed by atoms with E-state index < -0.39 is 55.0 Å². The van der Waals surface area contributed by atoms with Crippen LogP contribution in [0, 0.1) is 0 Å². The Bertz CT molecular complexity index is 470. The Labute approximate surface area is 134 Å². The van der Waals surface area contributed by atoms with Crippen LogP contribution in [0.3, 0.4) is 0 Å². The molecule has 0 saturated heterocycles. The van der Waals surface area contributed by atoms with Gasteiger partial charge in [0.15, 0.2) is 6.29 Å². The molecule has 0 spiro atoms. The number of hydrogen-bond donors (Lipinski definition) is 8. The first-order valence-electron chi connectivity index (χ1n) is 6.19. The monoisotopic (exact) mass is 354 g/mol. The number of carbonyl (C=O) groups excluding carboxylic acids is 2. The van der Waals surface area contributed by atoms with E-state index in [0.717, 1.165) is 6.92 Å². The van der Waals surface area contributed by atoms with E-state index in [-0.39, 0.29) is 0 Å². The van der Waals surface area contributed by atoms with Gasteiger partial charge in [-0.15, -0.1) is 0 Å². The number of aliphatic carboxylic acids is 2. The van der Waals surface area contributed by atoms with E-state index in [2.05, 4.69) is 9.47 Å². The predicted molar refractivity (Wildman–Crippen MR) is 71.2 cm³/mol. The molecule has 138 valence electrons. The van der Waals surface area contributed by atoms with Crippen molar-refractivity contribution in [2.45, 2.75) is 25.0 Å². The molecule has 14 heteroatoms. The van der Waals surface area contributed by atoms with Crippen molar-refractivity contribution in [3.8, 4) is 0 Å². The Morgan fingerprint density at radius 1 is 0.917 bits per heavy atom. The van der Waals surface area contributed by atoms with E-state index in [9.17, 15) is 29.4 Å². The van der Waals surface area contributed by atoms with Crippen LogP contribution in [0.1, 0.15) is 6.92 Å². The number of nitrogens with two attached hydrogens (primary N) is 2. The summed E-state index contributed by atoms with van der Waals surface area (Å²) in [5, 5.41) is 40.1. The highest BCUT2D eigenvalue weighted by Crippen LogP contribution is 2.14. The fourth-order valence-electron chi connectivity index (χ4n) is 1.25. The average molecular weight is 354 g/mol. The summed E-state index contributed by atoms with van der Waals surface area (Å²) in [5.41, 5.74) is 9.88. The molecule has 0 radical (unpaired) electrons. The number of rotatable bonds is 10. The Morgan fingerprint density at radius 2 is 1.21 bits per heavy atom. The van der Waals surface area contributed by atoms with Crippen LogP contribution in [0.2, 0.25) is 0 Å². The second-order valence-electron chi connectivity index (χ2n) is 4.21. The van der Waals surface area contributed by atoms with Crippen molar-refractivity contribution in [2.75, 3.05) is 13.1 Å². The number of carbonyl (C=O) groups is 4. The summed E-state index contributed by atoms with van der Waals surface area (Å²) in [6.45, 7) is -0.523. The van der Waals surface area contributed by atoms with Crippen LogP contribution in [-0.4, -0.2) is 75.4 Å². The molecule has 0 heterocycles. The van der Waals surface area contributed by atoms with Crippen molar-refractivity contribution in [3.63, 3.8) is 0 Å². The number of amides is 2. The normalized spacial score (nSPS) is 17.0. The van der Waals surface area contributed by atoms with Gasteiger partial charge < -0.3 is 31.9 Å². The van der Waals surface area contributed by atoms with Crippen molar-refractivity contribution in [3.05, 3.63) is 0 Å². The molecule has 10 N–H and O–H groups in total. The first-order chi connectivity index (χ1) is 10.9. The van der Waals surface area contributed by atoms with Gasteiger partial charge in [-0.2, -0.15) is 0 Å². The summed E-state index contributed by atoms with van der Waals surface area (Å²) in [7, 11) is 0. The van der Waals surface area contributed by atoms with Gasteiger partial charge in [0, 0.05) is 0 Å². The van der Waals surface area contributed by atoms with E-state index in [0.29, 0.717) is 0 Å². The fourth-order valence-corrected chi connectivity index (χ4v) is 1.25. The smallest absolute Gasteiger partial charge is 0.388 e. The minimum atomic E-state index is -3.34. The van der Waals surface area contributed by atoms with E-state index >= 15 is 0 Å². The van der Waals surface area contributed by atoms with Crippen LogP contribution in [-0.2, 0) is 28.7 Å². The average Bonchev–Trinajstić information content (AvgIpc) is 2.45. The molecule has 0 rings (SSSR count). The van der Waals surface area contributed by atoms with Gasteiger partial charge in [-0.05, 0) is 6.92 Å². The summed E-state index contributed by atoms with van der Waals surface area (Å²) in [4.78, 5) is 44.2. The van der Waals surface area contributed by atoms with Crippen molar-refractivity contribution in [1.29, 1.82) is 0 Å². The molecular formula is C10H18N4O10.